The fourth-order valence-corrected chi connectivity index (χ4v) is 1.33. The van der Waals surface area contributed by atoms with Crippen molar-refractivity contribution in [3.05, 3.63) is 36.1 Å². The van der Waals surface area contributed by atoms with E-state index in [0.29, 0.717) is 5.92 Å². The highest BCUT2D eigenvalue weighted by Crippen LogP contribution is 2.16. The highest BCUT2D eigenvalue weighted by Gasteiger charge is 2.02. The third-order valence-electron chi connectivity index (χ3n) is 1.97. The zero-order valence-electron chi connectivity index (χ0n) is 7.79. The summed E-state index contributed by atoms with van der Waals surface area (Å²) >= 11 is 0. The first-order valence-electron chi connectivity index (χ1n) is 4.47. The van der Waals surface area contributed by atoms with E-state index in [9.17, 15) is 0 Å². The number of hydrogen-bond acceptors (Lipinski definition) is 1. The molecule has 12 heavy (non-hydrogen) atoms. The predicted octanol–water partition coefficient (Wildman–Crippen LogP) is 3.06. The smallest absolute Gasteiger partial charge is 0.115 e. The lowest BCUT2D eigenvalue weighted by Gasteiger charge is -2.06. The molecule has 0 N–H and O–H groups in total. The molecule has 0 aliphatic heterocycles. The Kier molecular flexibility index (Phi) is 3.65. The summed E-state index contributed by atoms with van der Waals surface area (Å²) in [7, 11) is 1.71. The van der Waals surface area contributed by atoms with Crippen LogP contribution in [0.4, 0.5) is 0 Å². The Morgan fingerprint density at radius 2 is 2.25 bits per heavy atom. The van der Waals surface area contributed by atoms with Crippen LogP contribution in [-0.4, -0.2) is 7.11 Å². The van der Waals surface area contributed by atoms with Gasteiger partial charge in [0, 0.05) is 0 Å². The first-order valence-corrected chi connectivity index (χ1v) is 4.47. The van der Waals surface area contributed by atoms with Gasteiger partial charge in [-0.15, -0.1) is 0 Å². The van der Waals surface area contributed by atoms with Gasteiger partial charge >= 0.3 is 0 Å². The second-order valence-electron chi connectivity index (χ2n) is 2.97. The van der Waals surface area contributed by atoms with Crippen LogP contribution in [-0.2, 0) is 4.74 Å². The highest BCUT2D eigenvalue weighted by atomic mass is 16.5. The van der Waals surface area contributed by atoms with Crippen molar-refractivity contribution in [2.75, 3.05) is 7.11 Å². The molecule has 0 radical (unpaired) electrons. The molecule has 1 aliphatic rings. The van der Waals surface area contributed by atoms with Crippen LogP contribution in [0.15, 0.2) is 36.1 Å². The lowest BCUT2D eigenvalue weighted by atomic mass is 10.0. The summed E-state index contributed by atoms with van der Waals surface area (Å²) in [6.45, 7) is 2.20. The summed E-state index contributed by atoms with van der Waals surface area (Å²) in [5.41, 5.74) is 0. The van der Waals surface area contributed by atoms with Gasteiger partial charge in [-0.2, -0.15) is 0 Å². The summed E-state index contributed by atoms with van der Waals surface area (Å²) in [5, 5.41) is 0. The first-order chi connectivity index (χ1) is 5.86. The maximum atomic E-state index is 5.18. The van der Waals surface area contributed by atoms with E-state index in [1.807, 2.05) is 12.2 Å². The Balaban J connectivity index is 2.64. The van der Waals surface area contributed by atoms with Crippen molar-refractivity contribution in [3.8, 4) is 0 Å². The molecule has 0 fully saturated rings. The van der Waals surface area contributed by atoms with Gasteiger partial charge in [0.25, 0.3) is 0 Å². The molecule has 1 unspecified atom stereocenters. The predicted molar refractivity (Wildman–Crippen MR) is 51.8 cm³/mol. The monoisotopic (exact) mass is 164 g/mol. The number of hydrogen-bond donors (Lipinski definition) is 0. The van der Waals surface area contributed by atoms with Gasteiger partial charge in [0.05, 0.1) is 7.11 Å². The van der Waals surface area contributed by atoms with Gasteiger partial charge < -0.3 is 4.74 Å². The molecule has 1 rings (SSSR count). The topological polar surface area (TPSA) is 9.23 Å². The first kappa shape index (κ1) is 9.11. The molecule has 0 aromatic heterocycles. The number of methoxy groups -OCH3 is 1. The molecule has 0 bridgehead atoms. The van der Waals surface area contributed by atoms with E-state index >= 15 is 0 Å². The van der Waals surface area contributed by atoms with E-state index in [2.05, 4.69) is 25.2 Å². The SMILES string of the molecule is CCCC1C=CC=CC(OC)=C1. The minimum atomic E-state index is 0.542. The maximum Gasteiger partial charge on any atom is 0.115 e. The molecule has 0 aromatic rings. The second-order valence-corrected chi connectivity index (χ2v) is 2.97. The fourth-order valence-electron chi connectivity index (χ4n) is 1.33. The van der Waals surface area contributed by atoms with E-state index < -0.39 is 0 Å². The Morgan fingerprint density at radius 1 is 1.42 bits per heavy atom. The second kappa shape index (κ2) is 4.81. The molecular formula is C11H16O. The Labute approximate surface area is 74.4 Å². The third kappa shape index (κ3) is 2.57. The van der Waals surface area contributed by atoms with Crippen LogP contribution < -0.4 is 0 Å². The number of ether oxygens (including phenoxy) is 1. The highest BCUT2D eigenvalue weighted by molar-refractivity contribution is 5.24. The van der Waals surface area contributed by atoms with Crippen molar-refractivity contribution < 1.29 is 4.74 Å². The standard InChI is InChI=1S/C11H16O/c1-3-6-10-7-4-5-8-11(9-10)12-2/h4-5,7-10H,3,6H2,1-2H3. The average molecular weight is 164 g/mol. The van der Waals surface area contributed by atoms with E-state index in [0.717, 1.165) is 5.76 Å². The van der Waals surface area contributed by atoms with E-state index in [-0.39, 0.29) is 0 Å². The largest absolute Gasteiger partial charge is 0.497 e. The van der Waals surface area contributed by atoms with Crippen LogP contribution in [0.25, 0.3) is 0 Å². The fraction of sp³-hybridized carbons (Fsp3) is 0.455. The summed E-state index contributed by atoms with van der Waals surface area (Å²) in [4.78, 5) is 0. The summed E-state index contributed by atoms with van der Waals surface area (Å²) in [6.07, 6.45) is 12.9. The molecule has 66 valence electrons. The van der Waals surface area contributed by atoms with Crippen LogP contribution >= 0.6 is 0 Å². The molecule has 0 saturated heterocycles. The Morgan fingerprint density at radius 3 is 2.92 bits per heavy atom. The third-order valence-corrected chi connectivity index (χ3v) is 1.97. The van der Waals surface area contributed by atoms with Crippen molar-refractivity contribution in [3.63, 3.8) is 0 Å². The Bertz CT molecular complexity index is 211. The Hall–Kier alpha value is -0.980. The zero-order chi connectivity index (χ0) is 8.81. The van der Waals surface area contributed by atoms with Gasteiger partial charge in [0.2, 0.25) is 0 Å². The van der Waals surface area contributed by atoms with Gasteiger partial charge in [-0.25, -0.2) is 0 Å². The van der Waals surface area contributed by atoms with Crippen LogP contribution in [0.2, 0.25) is 0 Å². The molecule has 1 heteroatoms. The van der Waals surface area contributed by atoms with E-state index in [4.69, 9.17) is 4.74 Å². The molecule has 0 spiro atoms. The number of rotatable bonds is 3. The quantitative estimate of drug-likeness (QED) is 0.623. The molecule has 1 nitrogen and oxygen atoms in total. The van der Waals surface area contributed by atoms with Crippen LogP contribution in [0, 0.1) is 5.92 Å². The van der Waals surface area contributed by atoms with Gasteiger partial charge in [-0.3, -0.25) is 0 Å². The van der Waals surface area contributed by atoms with Crippen molar-refractivity contribution >= 4 is 0 Å². The number of allylic oxidation sites excluding steroid dienone is 5. The average Bonchev–Trinajstić information content (AvgIpc) is 2.30. The summed E-state index contributed by atoms with van der Waals surface area (Å²) < 4.78 is 5.18. The van der Waals surface area contributed by atoms with Crippen LogP contribution in [0.5, 0.6) is 0 Å². The minimum Gasteiger partial charge on any atom is -0.497 e. The zero-order valence-corrected chi connectivity index (χ0v) is 7.79. The lowest BCUT2D eigenvalue weighted by molar-refractivity contribution is 0.303. The molecule has 1 atom stereocenters. The van der Waals surface area contributed by atoms with E-state index in [1.165, 1.54) is 12.8 Å². The van der Waals surface area contributed by atoms with Gasteiger partial charge in [0.15, 0.2) is 0 Å². The van der Waals surface area contributed by atoms with Crippen LogP contribution in [0.3, 0.4) is 0 Å². The molecular weight excluding hydrogens is 148 g/mol. The van der Waals surface area contributed by atoms with Crippen molar-refractivity contribution in [1.29, 1.82) is 0 Å². The lowest BCUT2D eigenvalue weighted by Crippen LogP contribution is -1.92. The maximum absolute atomic E-state index is 5.18. The van der Waals surface area contributed by atoms with Gasteiger partial charge in [0.1, 0.15) is 5.76 Å². The van der Waals surface area contributed by atoms with Crippen molar-refractivity contribution in [2.45, 2.75) is 19.8 Å². The van der Waals surface area contributed by atoms with Gasteiger partial charge in [-0.1, -0.05) is 31.6 Å². The van der Waals surface area contributed by atoms with Gasteiger partial charge in [-0.05, 0) is 24.5 Å². The molecule has 0 aromatic carbocycles. The van der Waals surface area contributed by atoms with Crippen molar-refractivity contribution in [1.82, 2.24) is 0 Å². The normalized spacial score (nSPS) is 21.8. The molecule has 0 saturated carbocycles. The molecule has 0 heterocycles. The van der Waals surface area contributed by atoms with Crippen LogP contribution in [0.1, 0.15) is 19.8 Å². The van der Waals surface area contributed by atoms with Crippen molar-refractivity contribution in [2.24, 2.45) is 5.92 Å². The summed E-state index contributed by atoms with van der Waals surface area (Å²) in [5.74, 6) is 1.51. The molecule has 0 amide bonds. The minimum absolute atomic E-state index is 0.542. The molecule has 1 aliphatic carbocycles. The summed E-state index contributed by atoms with van der Waals surface area (Å²) in [6, 6.07) is 0. The van der Waals surface area contributed by atoms with E-state index in [1.54, 1.807) is 7.11 Å².